The maximum absolute atomic E-state index is 3.60. The van der Waals surface area contributed by atoms with Gasteiger partial charge in [0.25, 0.3) is 0 Å². The summed E-state index contributed by atoms with van der Waals surface area (Å²) in [7, 11) is 0. The van der Waals surface area contributed by atoms with Crippen LogP contribution in [0.15, 0.2) is 0 Å². The molecule has 48 valence electrons. The van der Waals surface area contributed by atoms with Crippen LogP contribution in [0.3, 0.4) is 0 Å². The molecule has 1 aromatic rings. The van der Waals surface area contributed by atoms with E-state index in [9.17, 15) is 0 Å². The number of hydrogen-bond acceptors (Lipinski definition) is 3. The average molecular weight is 449 g/mol. The van der Waals surface area contributed by atoms with Crippen molar-refractivity contribution in [3.05, 3.63) is 18.5 Å². The van der Waals surface area contributed by atoms with Crippen molar-refractivity contribution >= 4 is 0 Å². The van der Waals surface area contributed by atoms with Gasteiger partial charge in [0.05, 0.1) is 0 Å². The van der Waals surface area contributed by atoms with Crippen molar-refractivity contribution < 1.29 is 131 Å². The Morgan fingerprint density at radius 1 is 0.909 bits per heavy atom. The zero-order valence-electron chi connectivity index (χ0n) is 6.15. The van der Waals surface area contributed by atoms with Crippen molar-refractivity contribution in [1.82, 2.24) is 15.0 Å². The molecule has 0 amide bonds. The zero-order chi connectivity index (χ0) is 5.11. The molecule has 0 aliphatic carbocycles. The van der Waals surface area contributed by atoms with E-state index in [1.807, 2.05) is 0 Å². The molecule has 11 heavy (non-hydrogen) atoms. The molecule has 0 saturated carbocycles. The van der Waals surface area contributed by atoms with Crippen LogP contribution >= 0.6 is 0 Å². The fourth-order valence-electron chi connectivity index (χ4n) is 0.242. The van der Waals surface area contributed by atoms with Gasteiger partial charge in [-0.25, -0.2) is 0 Å². The zero-order valence-corrected chi connectivity index (χ0v) is 17.5. The smallest absolute Gasteiger partial charge is 0 e. The van der Waals surface area contributed by atoms with Gasteiger partial charge < -0.3 is 15.0 Å². The Morgan fingerprint density at radius 2 is 1.27 bits per heavy atom. The molecule has 1 aromatic heterocycles. The van der Waals surface area contributed by atoms with Gasteiger partial charge in [-0.3, -0.25) is 0 Å². The Labute approximate surface area is 167 Å². The molecule has 4 radical (unpaired) electrons. The summed E-state index contributed by atoms with van der Waals surface area (Å²) in [4.78, 5) is 10.6. The molecule has 0 N–H and O–H groups in total. The van der Waals surface area contributed by atoms with Crippen LogP contribution in [0.1, 0.15) is 5.82 Å². The van der Waals surface area contributed by atoms with Gasteiger partial charge in [0.1, 0.15) is 0 Å². The standard InChI is InChI=1S/C4H3N3.4Y/c1-4-6-2-5-3-7-4;;;;/h1H3;;;;/q-2;;;;. The molecule has 1 heterocycles. The van der Waals surface area contributed by atoms with Crippen LogP contribution in [0.2, 0.25) is 0 Å². The predicted molar refractivity (Wildman–Crippen MR) is 22.2 cm³/mol. The number of nitrogens with zero attached hydrogens (tertiary/aromatic N) is 3. The van der Waals surface area contributed by atoms with Crippen molar-refractivity contribution in [1.29, 1.82) is 0 Å². The van der Waals surface area contributed by atoms with Gasteiger partial charge in [-0.2, -0.15) is 12.7 Å². The predicted octanol–water partition coefficient (Wildman–Crippen LogP) is -0.230. The molecule has 0 aliphatic heterocycles. The van der Waals surface area contributed by atoms with Crippen molar-refractivity contribution in [2.24, 2.45) is 0 Å². The van der Waals surface area contributed by atoms with E-state index in [-0.39, 0.29) is 131 Å². The summed E-state index contributed by atoms with van der Waals surface area (Å²) >= 11 is 0. The number of rotatable bonds is 0. The fraction of sp³-hybridized carbons (Fsp3) is 0.250. The molecule has 0 aromatic carbocycles. The van der Waals surface area contributed by atoms with Gasteiger partial charge in [0, 0.05) is 131 Å². The first-order chi connectivity index (χ1) is 3.39. The van der Waals surface area contributed by atoms with Crippen LogP contribution in [0.5, 0.6) is 0 Å². The molecule has 0 unspecified atom stereocenters. The minimum absolute atomic E-state index is 0. The van der Waals surface area contributed by atoms with Crippen LogP contribution in [0.25, 0.3) is 0 Å². The van der Waals surface area contributed by atoms with Gasteiger partial charge in [-0.15, -0.1) is 5.82 Å². The maximum atomic E-state index is 3.60. The summed E-state index contributed by atoms with van der Waals surface area (Å²) in [5, 5.41) is 0. The number of hydrogen-bond donors (Lipinski definition) is 0. The summed E-state index contributed by atoms with van der Waals surface area (Å²) in [6.45, 7) is 1.76. The van der Waals surface area contributed by atoms with Gasteiger partial charge in [0.15, 0.2) is 0 Å². The summed E-state index contributed by atoms with van der Waals surface area (Å²) in [5.41, 5.74) is 0. The second-order valence-electron chi connectivity index (χ2n) is 1.08. The summed E-state index contributed by atoms with van der Waals surface area (Å²) in [6, 6.07) is 0. The molecule has 3 nitrogen and oxygen atoms in total. The molecule has 7 heteroatoms. The number of aryl methyl sites for hydroxylation is 1. The van der Waals surface area contributed by atoms with Gasteiger partial charge in [-0.05, 0) is 0 Å². The second kappa shape index (κ2) is 15.9. The molecule has 0 aliphatic rings. The SMILES string of the molecule is Cc1n[c-]n[c-]n1.[Y].[Y].[Y].[Y]. The monoisotopic (exact) mass is 449 g/mol. The molecular weight excluding hydrogens is 446 g/mol. The van der Waals surface area contributed by atoms with Crippen molar-refractivity contribution in [3.63, 3.8) is 0 Å². The Hall–Kier alpha value is 3.43. The van der Waals surface area contributed by atoms with Crippen LogP contribution in [-0.4, -0.2) is 15.0 Å². The van der Waals surface area contributed by atoms with Crippen molar-refractivity contribution in [2.75, 3.05) is 0 Å². The van der Waals surface area contributed by atoms with Crippen molar-refractivity contribution in [3.8, 4) is 0 Å². The summed E-state index contributed by atoms with van der Waals surface area (Å²) < 4.78 is 0. The third-order valence-electron chi connectivity index (χ3n) is 0.524. The Balaban J connectivity index is -0.0000000612. The third kappa shape index (κ3) is 13.4. The molecule has 0 saturated heterocycles. The maximum Gasteiger partial charge on any atom is 0 e. The fourth-order valence-corrected chi connectivity index (χ4v) is 0.242. The van der Waals surface area contributed by atoms with E-state index in [1.54, 1.807) is 6.92 Å². The molecule has 0 bridgehead atoms. The Bertz CT molecular complexity index is 147. The van der Waals surface area contributed by atoms with Gasteiger partial charge in [-0.1, -0.05) is 6.92 Å². The van der Waals surface area contributed by atoms with E-state index in [0.717, 1.165) is 0 Å². The normalized spacial score (nSPS) is 5.55. The molecule has 0 fully saturated rings. The summed E-state index contributed by atoms with van der Waals surface area (Å²) in [6.07, 6.45) is 4.69. The summed E-state index contributed by atoms with van der Waals surface area (Å²) in [5.74, 6) is 0.648. The van der Waals surface area contributed by atoms with Gasteiger partial charge in [0.2, 0.25) is 0 Å². The van der Waals surface area contributed by atoms with Crippen LogP contribution < -0.4 is 0 Å². The van der Waals surface area contributed by atoms with E-state index in [2.05, 4.69) is 27.6 Å². The largest absolute Gasteiger partial charge is 0.505 e. The first-order valence-corrected chi connectivity index (χ1v) is 1.84. The first-order valence-electron chi connectivity index (χ1n) is 1.84. The quantitative estimate of drug-likeness (QED) is 0.515. The van der Waals surface area contributed by atoms with Crippen LogP contribution in [0, 0.1) is 19.6 Å². The molecular formula is C4H3N3Y4-2. The van der Waals surface area contributed by atoms with Gasteiger partial charge >= 0.3 is 0 Å². The van der Waals surface area contributed by atoms with E-state index in [1.165, 1.54) is 0 Å². The molecule has 1 rings (SSSR count). The van der Waals surface area contributed by atoms with Crippen LogP contribution in [0.4, 0.5) is 0 Å². The van der Waals surface area contributed by atoms with E-state index in [0.29, 0.717) is 5.82 Å². The molecule has 0 spiro atoms. The average Bonchev–Trinajstić information content (AvgIpc) is 1.69. The third-order valence-corrected chi connectivity index (χ3v) is 0.524. The van der Waals surface area contributed by atoms with Crippen LogP contribution in [-0.2, 0) is 131 Å². The molecule has 0 atom stereocenters. The number of aromatic nitrogens is 3. The van der Waals surface area contributed by atoms with Crippen molar-refractivity contribution in [2.45, 2.75) is 6.92 Å². The minimum atomic E-state index is 0. The Kier molecular flexibility index (Phi) is 34.5. The van der Waals surface area contributed by atoms with E-state index >= 15 is 0 Å². The van der Waals surface area contributed by atoms with E-state index < -0.39 is 0 Å². The van der Waals surface area contributed by atoms with E-state index in [4.69, 9.17) is 0 Å². The second-order valence-corrected chi connectivity index (χ2v) is 1.08. The minimum Gasteiger partial charge on any atom is -0.505 e. The first kappa shape index (κ1) is 23.9. The topological polar surface area (TPSA) is 38.7 Å². The Morgan fingerprint density at radius 3 is 1.45 bits per heavy atom.